The number of halogens is 1. The van der Waals surface area contributed by atoms with E-state index in [0.717, 1.165) is 4.47 Å². The number of carboxylic acids is 1. The zero-order valence-corrected chi connectivity index (χ0v) is 13.0. The van der Waals surface area contributed by atoms with Crippen LogP contribution in [-0.2, 0) is 14.6 Å². The molecule has 0 aromatic heterocycles. The minimum atomic E-state index is -3.61. The molecule has 1 aliphatic carbocycles. The molecule has 5 nitrogen and oxygen atoms in total. The van der Waals surface area contributed by atoms with Crippen molar-refractivity contribution in [2.24, 2.45) is 5.41 Å². The molecule has 7 heteroatoms. The lowest BCUT2D eigenvalue weighted by molar-refractivity contribution is -0.141. The minimum absolute atomic E-state index is 0.179. The third-order valence-electron chi connectivity index (χ3n) is 3.69. The third kappa shape index (κ3) is 2.03. The van der Waals surface area contributed by atoms with Gasteiger partial charge in [0.15, 0.2) is 15.3 Å². The van der Waals surface area contributed by atoms with Gasteiger partial charge >= 0.3 is 5.97 Å². The number of hydrogen-bond acceptors (Lipinski definition) is 4. The summed E-state index contributed by atoms with van der Waals surface area (Å²) in [6.45, 7) is 1.45. The van der Waals surface area contributed by atoms with E-state index in [1.165, 1.54) is 6.92 Å². The van der Waals surface area contributed by atoms with Crippen molar-refractivity contribution in [3.05, 3.63) is 34.3 Å². The number of rotatable bonds is 4. The molecular weight excluding hydrogens is 346 g/mol. The van der Waals surface area contributed by atoms with E-state index in [-0.39, 0.29) is 5.75 Å². The van der Waals surface area contributed by atoms with Gasteiger partial charge in [-0.15, -0.1) is 0 Å². The molecule has 0 radical (unpaired) electrons. The highest BCUT2D eigenvalue weighted by Crippen LogP contribution is 2.63. The van der Waals surface area contributed by atoms with E-state index in [2.05, 4.69) is 15.9 Å². The molecule has 20 heavy (non-hydrogen) atoms. The lowest BCUT2D eigenvalue weighted by Gasteiger charge is -2.02. The summed E-state index contributed by atoms with van der Waals surface area (Å²) in [5.74, 6) is -2.38. The van der Waals surface area contributed by atoms with Crippen LogP contribution in [0, 0.1) is 16.7 Å². The molecular formula is C13H12BrNO4S. The van der Waals surface area contributed by atoms with Gasteiger partial charge in [0, 0.05) is 16.1 Å². The molecule has 3 atom stereocenters. The molecule has 0 heterocycles. The second-order valence-electron chi connectivity index (χ2n) is 4.69. The molecule has 1 fully saturated rings. The van der Waals surface area contributed by atoms with Crippen molar-refractivity contribution in [3.63, 3.8) is 0 Å². The summed E-state index contributed by atoms with van der Waals surface area (Å²) in [5, 5.41) is 17.4. The molecule has 2 rings (SSSR count). The summed E-state index contributed by atoms with van der Waals surface area (Å²) in [5.41, 5.74) is -1.32. The molecule has 1 aliphatic rings. The van der Waals surface area contributed by atoms with Crippen LogP contribution < -0.4 is 0 Å². The average Bonchev–Trinajstić information content (AvgIpc) is 3.11. The quantitative estimate of drug-likeness (QED) is 0.888. The Kier molecular flexibility index (Phi) is 3.65. The van der Waals surface area contributed by atoms with Gasteiger partial charge in [0.2, 0.25) is 0 Å². The van der Waals surface area contributed by atoms with E-state index < -0.39 is 32.4 Å². The van der Waals surface area contributed by atoms with Crippen molar-refractivity contribution in [1.82, 2.24) is 0 Å². The van der Waals surface area contributed by atoms with Crippen LogP contribution in [0.1, 0.15) is 18.4 Å². The summed E-state index contributed by atoms with van der Waals surface area (Å²) >= 11 is 3.26. The van der Waals surface area contributed by atoms with Crippen LogP contribution in [0.4, 0.5) is 0 Å². The maximum atomic E-state index is 12.1. The Morgan fingerprint density at radius 2 is 2.00 bits per heavy atom. The Labute approximate surface area is 125 Å². The number of carbonyl (C=O) groups is 1. The van der Waals surface area contributed by atoms with Crippen molar-refractivity contribution in [3.8, 4) is 6.07 Å². The van der Waals surface area contributed by atoms with Crippen LogP contribution in [0.5, 0.6) is 0 Å². The van der Waals surface area contributed by atoms with Crippen LogP contribution in [0.25, 0.3) is 0 Å². The Morgan fingerprint density at radius 3 is 2.40 bits per heavy atom. The predicted octanol–water partition coefficient (Wildman–Crippen LogP) is 1.94. The van der Waals surface area contributed by atoms with Crippen molar-refractivity contribution in [1.29, 1.82) is 5.26 Å². The number of carboxylic acid groups (broad SMARTS) is 1. The third-order valence-corrected chi connectivity index (χ3v) is 6.44. The van der Waals surface area contributed by atoms with E-state index in [0.29, 0.717) is 5.56 Å². The largest absolute Gasteiger partial charge is 0.480 e. The summed E-state index contributed by atoms with van der Waals surface area (Å²) in [6, 6.07) is 8.41. The summed E-state index contributed by atoms with van der Waals surface area (Å²) < 4.78 is 24.9. The molecule has 0 spiro atoms. The molecule has 0 bridgehead atoms. The van der Waals surface area contributed by atoms with Crippen LogP contribution in [0.2, 0.25) is 0 Å². The van der Waals surface area contributed by atoms with Crippen molar-refractivity contribution in [2.45, 2.75) is 18.1 Å². The maximum Gasteiger partial charge on any atom is 0.326 e. The Hall–Kier alpha value is -1.39. The molecule has 0 amide bonds. The summed E-state index contributed by atoms with van der Waals surface area (Å²) in [4.78, 5) is 11.4. The number of hydrogen-bond donors (Lipinski definition) is 1. The predicted molar refractivity (Wildman–Crippen MR) is 75.8 cm³/mol. The van der Waals surface area contributed by atoms with Gasteiger partial charge in [-0.3, -0.25) is 4.79 Å². The minimum Gasteiger partial charge on any atom is -0.480 e. The maximum absolute atomic E-state index is 12.1. The van der Waals surface area contributed by atoms with Crippen LogP contribution in [-0.4, -0.2) is 30.5 Å². The normalized spacial score (nSPS) is 28.6. The SMILES string of the molecule is CCS(=O)(=O)[C@@H]1[C@H](c2ccc(Br)cc2)[C@]1(C#N)C(=O)O. The Morgan fingerprint density at radius 1 is 1.45 bits per heavy atom. The fraction of sp³-hybridized carbons (Fsp3) is 0.385. The zero-order valence-electron chi connectivity index (χ0n) is 10.6. The van der Waals surface area contributed by atoms with Gasteiger partial charge in [-0.05, 0) is 17.7 Å². The van der Waals surface area contributed by atoms with Gasteiger partial charge < -0.3 is 5.11 Å². The van der Waals surface area contributed by atoms with E-state index in [1.807, 2.05) is 0 Å². The second-order valence-corrected chi connectivity index (χ2v) is 8.01. The highest BCUT2D eigenvalue weighted by molar-refractivity contribution is 9.10. The number of nitrogens with zero attached hydrogens (tertiary/aromatic N) is 1. The summed E-state index contributed by atoms with van der Waals surface area (Å²) in [7, 11) is -3.61. The van der Waals surface area contributed by atoms with E-state index in [1.54, 1.807) is 30.3 Å². The standard InChI is InChI=1S/C13H12BrNO4S/c1-2-20(18,19)11-10(13(11,7-15)12(16)17)8-3-5-9(14)6-4-8/h3-6,10-11H,2H2,1H3,(H,16,17)/t10-,11+,13-/m0/s1. The average molecular weight is 358 g/mol. The molecule has 1 saturated carbocycles. The van der Waals surface area contributed by atoms with E-state index in [9.17, 15) is 23.6 Å². The van der Waals surface area contributed by atoms with Gasteiger partial charge in [0.1, 0.15) is 5.25 Å². The Bertz CT molecular complexity index is 692. The molecule has 106 valence electrons. The fourth-order valence-electron chi connectivity index (χ4n) is 2.57. The Balaban J connectivity index is 2.54. The smallest absolute Gasteiger partial charge is 0.326 e. The van der Waals surface area contributed by atoms with Crippen LogP contribution in [0.3, 0.4) is 0 Å². The van der Waals surface area contributed by atoms with E-state index >= 15 is 0 Å². The molecule has 1 N–H and O–H groups in total. The monoisotopic (exact) mass is 357 g/mol. The van der Waals surface area contributed by atoms with Gasteiger partial charge in [-0.25, -0.2) is 8.42 Å². The first-order valence-electron chi connectivity index (χ1n) is 5.93. The first kappa shape index (κ1) is 15.0. The number of benzene rings is 1. The van der Waals surface area contributed by atoms with Crippen molar-refractivity contribution < 1.29 is 18.3 Å². The highest BCUT2D eigenvalue weighted by atomic mass is 79.9. The van der Waals surface area contributed by atoms with E-state index in [4.69, 9.17) is 0 Å². The van der Waals surface area contributed by atoms with Crippen LogP contribution >= 0.6 is 15.9 Å². The van der Waals surface area contributed by atoms with Gasteiger partial charge in [-0.1, -0.05) is 35.0 Å². The van der Waals surface area contributed by atoms with Crippen LogP contribution in [0.15, 0.2) is 28.7 Å². The topological polar surface area (TPSA) is 95.2 Å². The zero-order chi connectivity index (χ0) is 15.1. The molecule has 0 aliphatic heterocycles. The molecule has 1 aromatic carbocycles. The summed E-state index contributed by atoms with van der Waals surface area (Å²) in [6.07, 6.45) is 0. The molecule has 0 unspecified atom stereocenters. The molecule has 0 saturated heterocycles. The second kappa shape index (κ2) is 4.86. The fourth-order valence-corrected chi connectivity index (χ4v) is 4.77. The number of sulfone groups is 1. The highest BCUT2D eigenvalue weighted by Gasteiger charge is 2.76. The van der Waals surface area contributed by atoms with Crippen molar-refractivity contribution >= 4 is 31.7 Å². The van der Waals surface area contributed by atoms with Crippen molar-refractivity contribution in [2.75, 3.05) is 5.75 Å². The lowest BCUT2D eigenvalue weighted by atomic mass is 10.0. The first-order chi connectivity index (χ1) is 9.31. The molecule has 1 aromatic rings. The van der Waals surface area contributed by atoms with Gasteiger partial charge in [0.05, 0.1) is 6.07 Å². The number of nitriles is 1. The van der Waals surface area contributed by atoms with Gasteiger partial charge in [0.25, 0.3) is 0 Å². The number of aliphatic carboxylic acids is 1. The first-order valence-corrected chi connectivity index (χ1v) is 8.43. The lowest BCUT2D eigenvalue weighted by Crippen LogP contribution is -2.23. The van der Waals surface area contributed by atoms with Gasteiger partial charge in [-0.2, -0.15) is 5.26 Å².